The van der Waals surface area contributed by atoms with Gasteiger partial charge in [0.15, 0.2) is 0 Å². The number of likely N-dealkylation sites (N-methyl/N-ethyl adjacent to an activating group) is 1. The molecule has 2 heteroatoms. The summed E-state index contributed by atoms with van der Waals surface area (Å²) in [6.07, 6.45) is 7.71. The Morgan fingerprint density at radius 2 is 2.15 bits per heavy atom. The molecule has 3 aliphatic rings. The van der Waals surface area contributed by atoms with E-state index in [1.165, 1.54) is 38.5 Å². The zero-order valence-corrected chi connectivity index (χ0v) is 12.4. The van der Waals surface area contributed by atoms with E-state index in [1.54, 1.807) is 11.1 Å². The molecule has 2 nitrogen and oxygen atoms in total. The molecule has 1 N–H and O–H groups in total. The van der Waals surface area contributed by atoms with Crippen LogP contribution >= 0.6 is 0 Å². The predicted octanol–water partition coefficient (Wildman–Crippen LogP) is 3.26. The molecule has 1 saturated carbocycles. The summed E-state index contributed by atoms with van der Waals surface area (Å²) in [4.78, 5) is 0. The largest absolute Gasteiger partial charge is 0.375 e. The van der Waals surface area contributed by atoms with Crippen molar-refractivity contribution in [3.63, 3.8) is 0 Å². The number of fused-ring (bicyclic) bond motifs is 1. The Balaban J connectivity index is 1.51. The average Bonchev–Trinajstić information content (AvgIpc) is 2.43. The summed E-state index contributed by atoms with van der Waals surface area (Å²) in [5.41, 5.74) is 3.41. The molecule has 1 heterocycles. The van der Waals surface area contributed by atoms with Crippen LogP contribution in [0, 0.1) is 5.92 Å². The molecule has 3 atom stereocenters. The summed E-state index contributed by atoms with van der Waals surface area (Å²) >= 11 is 0. The smallest absolute Gasteiger partial charge is 0.0685 e. The van der Waals surface area contributed by atoms with Crippen LogP contribution in [0.3, 0.4) is 0 Å². The fraction of sp³-hybridized carbons (Fsp3) is 0.667. The minimum atomic E-state index is 0.265. The normalized spacial score (nSPS) is 32.0. The highest BCUT2D eigenvalue weighted by Crippen LogP contribution is 2.48. The van der Waals surface area contributed by atoms with Crippen LogP contribution in [0.2, 0.25) is 0 Å². The molecule has 20 heavy (non-hydrogen) atoms. The van der Waals surface area contributed by atoms with E-state index in [2.05, 4.69) is 36.6 Å². The van der Waals surface area contributed by atoms with Crippen molar-refractivity contribution in [3.05, 3.63) is 35.4 Å². The van der Waals surface area contributed by atoms with Gasteiger partial charge in [-0.3, -0.25) is 0 Å². The van der Waals surface area contributed by atoms with Gasteiger partial charge < -0.3 is 10.1 Å². The molecular weight excluding hydrogens is 246 g/mol. The summed E-state index contributed by atoms with van der Waals surface area (Å²) < 4.78 is 6.10. The van der Waals surface area contributed by atoms with E-state index >= 15 is 0 Å². The Hall–Kier alpha value is -0.860. The highest BCUT2D eigenvalue weighted by atomic mass is 16.5. The zero-order valence-electron chi connectivity index (χ0n) is 12.4. The molecule has 1 aliphatic heterocycles. The van der Waals surface area contributed by atoms with Crippen molar-refractivity contribution in [1.29, 1.82) is 0 Å². The van der Waals surface area contributed by atoms with Crippen LogP contribution in [0.5, 0.6) is 0 Å². The van der Waals surface area contributed by atoms with Crippen LogP contribution in [0.25, 0.3) is 0 Å². The molecule has 1 spiro atoms. The fourth-order valence-corrected chi connectivity index (χ4v) is 4.68. The monoisotopic (exact) mass is 271 g/mol. The van der Waals surface area contributed by atoms with E-state index in [0.717, 1.165) is 18.4 Å². The van der Waals surface area contributed by atoms with Crippen molar-refractivity contribution < 1.29 is 4.74 Å². The van der Waals surface area contributed by atoms with Crippen LogP contribution < -0.4 is 5.32 Å². The first-order valence-electron chi connectivity index (χ1n) is 8.20. The van der Waals surface area contributed by atoms with E-state index in [0.29, 0.717) is 6.04 Å². The predicted molar refractivity (Wildman–Crippen MR) is 81.0 cm³/mol. The topological polar surface area (TPSA) is 21.3 Å². The highest BCUT2D eigenvalue weighted by Gasteiger charge is 2.46. The number of hydrogen-bond donors (Lipinski definition) is 1. The maximum atomic E-state index is 6.10. The lowest BCUT2D eigenvalue weighted by molar-refractivity contribution is -0.148. The van der Waals surface area contributed by atoms with Crippen LogP contribution in [-0.4, -0.2) is 25.3 Å². The van der Waals surface area contributed by atoms with Gasteiger partial charge in [0, 0.05) is 18.6 Å². The van der Waals surface area contributed by atoms with E-state index in [9.17, 15) is 0 Å². The third-order valence-electron chi connectivity index (χ3n) is 5.96. The summed E-state index contributed by atoms with van der Waals surface area (Å²) in [6, 6.07) is 9.60. The number of nitrogens with one attached hydrogen (secondary N) is 1. The van der Waals surface area contributed by atoms with Gasteiger partial charge >= 0.3 is 0 Å². The Bertz CT molecular complexity index is 494. The van der Waals surface area contributed by atoms with Crippen molar-refractivity contribution in [2.75, 3.05) is 13.7 Å². The molecule has 2 fully saturated rings. The first kappa shape index (κ1) is 12.8. The SMILES string of the molecule is CNC(C1CCOC2(CCC2)C1)C1Cc2ccccc21. The lowest BCUT2D eigenvalue weighted by Gasteiger charge is -2.51. The lowest BCUT2D eigenvalue weighted by Crippen LogP contribution is -2.52. The highest BCUT2D eigenvalue weighted by molar-refractivity contribution is 5.41. The quantitative estimate of drug-likeness (QED) is 0.911. The van der Waals surface area contributed by atoms with Crippen molar-refractivity contribution in [1.82, 2.24) is 5.32 Å². The third kappa shape index (κ3) is 1.93. The second kappa shape index (κ2) is 4.85. The van der Waals surface area contributed by atoms with E-state index in [4.69, 9.17) is 4.74 Å². The molecule has 4 rings (SSSR count). The van der Waals surface area contributed by atoms with Gasteiger partial charge in [-0.2, -0.15) is 0 Å². The Morgan fingerprint density at radius 3 is 2.85 bits per heavy atom. The minimum Gasteiger partial charge on any atom is -0.375 e. The van der Waals surface area contributed by atoms with Crippen LogP contribution in [-0.2, 0) is 11.2 Å². The maximum Gasteiger partial charge on any atom is 0.0685 e. The number of ether oxygens (including phenoxy) is 1. The second-order valence-corrected chi connectivity index (χ2v) is 6.96. The second-order valence-electron chi connectivity index (χ2n) is 6.96. The first-order valence-corrected chi connectivity index (χ1v) is 8.20. The molecule has 3 unspecified atom stereocenters. The zero-order chi connectivity index (χ0) is 13.6. The number of hydrogen-bond acceptors (Lipinski definition) is 2. The molecule has 1 aromatic carbocycles. The van der Waals surface area contributed by atoms with Gasteiger partial charge in [-0.1, -0.05) is 24.3 Å². The molecule has 2 aliphatic carbocycles. The van der Waals surface area contributed by atoms with Crippen molar-refractivity contribution in [2.24, 2.45) is 5.92 Å². The number of rotatable bonds is 3. The van der Waals surface area contributed by atoms with Crippen molar-refractivity contribution in [3.8, 4) is 0 Å². The Morgan fingerprint density at radius 1 is 1.30 bits per heavy atom. The van der Waals surface area contributed by atoms with Gasteiger partial charge in [0.05, 0.1) is 5.60 Å². The summed E-state index contributed by atoms with van der Waals surface area (Å²) in [7, 11) is 2.15. The molecular formula is C18H25NO. The van der Waals surface area contributed by atoms with Crippen LogP contribution in [0.1, 0.15) is 49.1 Å². The van der Waals surface area contributed by atoms with Crippen molar-refractivity contribution >= 4 is 0 Å². The molecule has 0 bridgehead atoms. The molecule has 0 radical (unpaired) electrons. The van der Waals surface area contributed by atoms with Gasteiger partial charge in [-0.15, -0.1) is 0 Å². The van der Waals surface area contributed by atoms with Gasteiger partial charge in [0.25, 0.3) is 0 Å². The standard InChI is InChI=1S/C18H25NO/c1-19-17(16-11-13-5-2-3-6-15(13)16)14-7-10-20-18(12-14)8-4-9-18/h2-3,5-6,14,16-17,19H,4,7-12H2,1H3. The summed E-state index contributed by atoms with van der Waals surface area (Å²) in [6.45, 7) is 0.969. The number of benzene rings is 1. The molecule has 108 valence electrons. The average molecular weight is 271 g/mol. The van der Waals surface area contributed by atoms with Gasteiger partial charge in [-0.05, 0) is 62.6 Å². The van der Waals surface area contributed by atoms with Crippen LogP contribution in [0.4, 0.5) is 0 Å². The lowest BCUT2D eigenvalue weighted by atomic mass is 9.64. The van der Waals surface area contributed by atoms with E-state index < -0.39 is 0 Å². The molecule has 0 aromatic heterocycles. The Labute approximate surface area is 121 Å². The van der Waals surface area contributed by atoms with E-state index in [1.807, 2.05) is 0 Å². The van der Waals surface area contributed by atoms with Crippen LogP contribution in [0.15, 0.2) is 24.3 Å². The van der Waals surface area contributed by atoms with Crippen molar-refractivity contribution in [2.45, 2.75) is 56.1 Å². The summed E-state index contributed by atoms with van der Waals surface area (Å²) in [5.74, 6) is 1.50. The minimum absolute atomic E-state index is 0.265. The molecule has 1 saturated heterocycles. The van der Waals surface area contributed by atoms with Gasteiger partial charge in [0.2, 0.25) is 0 Å². The Kier molecular flexibility index (Phi) is 3.12. The van der Waals surface area contributed by atoms with Gasteiger partial charge in [0.1, 0.15) is 0 Å². The molecule has 0 amide bonds. The first-order chi connectivity index (χ1) is 9.81. The van der Waals surface area contributed by atoms with Gasteiger partial charge in [-0.25, -0.2) is 0 Å². The summed E-state index contributed by atoms with van der Waals surface area (Å²) in [5, 5.41) is 3.65. The third-order valence-corrected chi connectivity index (χ3v) is 5.96. The maximum absolute atomic E-state index is 6.10. The fourth-order valence-electron chi connectivity index (χ4n) is 4.68. The molecule has 1 aromatic rings. The van der Waals surface area contributed by atoms with E-state index in [-0.39, 0.29) is 5.60 Å².